The zero-order valence-corrected chi connectivity index (χ0v) is 15.5. The minimum absolute atomic E-state index is 0.00996. The number of fused-ring (bicyclic) bond motifs is 1. The van der Waals surface area contributed by atoms with Crippen molar-refractivity contribution in [1.29, 1.82) is 0 Å². The van der Waals surface area contributed by atoms with E-state index in [0.717, 1.165) is 28.8 Å². The Morgan fingerprint density at radius 2 is 1.57 bits per heavy atom. The Hall–Kier alpha value is -3.13. The predicted octanol–water partition coefficient (Wildman–Crippen LogP) is 4.79. The van der Waals surface area contributed by atoms with Gasteiger partial charge in [0.15, 0.2) is 0 Å². The molecule has 0 aliphatic heterocycles. The summed E-state index contributed by atoms with van der Waals surface area (Å²) >= 11 is 3.12. The van der Waals surface area contributed by atoms with Crippen LogP contribution in [0.25, 0.3) is 27.8 Å². The number of nitrogens with zero attached hydrogens (tertiary/aromatic N) is 1. The van der Waals surface area contributed by atoms with Crippen molar-refractivity contribution in [3.05, 3.63) is 97.4 Å². The van der Waals surface area contributed by atoms with Crippen LogP contribution in [0.1, 0.15) is 0 Å². The van der Waals surface area contributed by atoms with E-state index in [4.69, 9.17) is 4.42 Å². The molecule has 0 aliphatic carbocycles. The van der Waals surface area contributed by atoms with E-state index >= 15 is 0 Å². The summed E-state index contributed by atoms with van der Waals surface area (Å²) in [6.07, 6.45) is 0. The standard InChI is InChI=1S/C20H9BrF3NO3/c21-15-8-11(22)3-5-17(15)25-19(26)14-7-10(1-6-18(14)28-20(25)27)13-4-2-12(23)9-16(13)24/h1-9H. The van der Waals surface area contributed by atoms with Crippen LogP contribution in [-0.4, -0.2) is 4.57 Å². The third-order valence-corrected chi connectivity index (χ3v) is 4.82. The maximum absolute atomic E-state index is 14.1. The van der Waals surface area contributed by atoms with E-state index < -0.39 is 28.8 Å². The maximum atomic E-state index is 14.1. The Morgan fingerprint density at radius 1 is 0.857 bits per heavy atom. The van der Waals surface area contributed by atoms with Gasteiger partial charge in [0.25, 0.3) is 5.56 Å². The summed E-state index contributed by atoms with van der Waals surface area (Å²) in [5.74, 6) is -3.02. The molecule has 0 radical (unpaired) electrons. The molecule has 0 bridgehead atoms. The van der Waals surface area contributed by atoms with E-state index in [0.29, 0.717) is 5.56 Å². The Morgan fingerprint density at radius 3 is 2.29 bits per heavy atom. The zero-order chi connectivity index (χ0) is 20.0. The summed E-state index contributed by atoms with van der Waals surface area (Å²) in [7, 11) is 0. The highest BCUT2D eigenvalue weighted by atomic mass is 79.9. The monoisotopic (exact) mass is 447 g/mol. The van der Waals surface area contributed by atoms with Gasteiger partial charge in [0.1, 0.15) is 23.0 Å². The SMILES string of the molecule is O=c1oc2ccc(-c3ccc(F)cc3F)cc2c(=O)n1-c1ccc(F)cc1Br. The Labute approximate surface area is 163 Å². The summed E-state index contributed by atoms with van der Waals surface area (Å²) in [5.41, 5.74) is -0.219. The van der Waals surface area contributed by atoms with Gasteiger partial charge in [-0.05, 0) is 64.0 Å². The zero-order valence-electron chi connectivity index (χ0n) is 13.9. The van der Waals surface area contributed by atoms with Crippen LogP contribution in [0.15, 0.2) is 73.1 Å². The molecule has 0 unspecified atom stereocenters. The molecule has 0 aliphatic rings. The predicted molar refractivity (Wildman–Crippen MR) is 101 cm³/mol. The highest BCUT2D eigenvalue weighted by molar-refractivity contribution is 9.10. The lowest BCUT2D eigenvalue weighted by Gasteiger charge is -2.09. The molecule has 8 heteroatoms. The van der Waals surface area contributed by atoms with Crippen LogP contribution < -0.4 is 11.3 Å². The van der Waals surface area contributed by atoms with Gasteiger partial charge >= 0.3 is 5.76 Å². The van der Waals surface area contributed by atoms with Crippen LogP contribution in [0.4, 0.5) is 13.2 Å². The van der Waals surface area contributed by atoms with Gasteiger partial charge in [-0.1, -0.05) is 6.07 Å². The quantitative estimate of drug-likeness (QED) is 0.443. The van der Waals surface area contributed by atoms with Crippen molar-refractivity contribution in [2.24, 2.45) is 0 Å². The first kappa shape index (κ1) is 18.2. The third kappa shape index (κ3) is 3.05. The van der Waals surface area contributed by atoms with Crippen LogP contribution in [0, 0.1) is 17.5 Å². The lowest BCUT2D eigenvalue weighted by atomic mass is 10.0. The third-order valence-electron chi connectivity index (χ3n) is 4.19. The first-order valence-electron chi connectivity index (χ1n) is 7.96. The molecule has 1 heterocycles. The molecule has 0 amide bonds. The van der Waals surface area contributed by atoms with Crippen LogP contribution >= 0.6 is 15.9 Å². The van der Waals surface area contributed by atoms with Crippen molar-refractivity contribution < 1.29 is 17.6 Å². The van der Waals surface area contributed by atoms with Gasteiger partial charge in [0.2, 0.25) is 0 Å². The number of aromatic nitrogens is 1. The van der Waals surface area contributed by atoms with Gasteiger partial charge in [-0.25, -0.2) is 22.5 Å². The molecule has 0 spiro atoms. The molecule has 0 atom stereocenters. The number of rotatable bonds is 2. The summed E-state index contributed by atoms with van der Waals surface area (Å²) in [5, 5.41) is 0.0112. The Balaban J connectivity index is 1.99. The summed E-state index contributed by atoms with van der Waals surface area (Å²) in [6, 6.07) is 10.7. The van der Waals surface area contributed by atoms with E-state index in [2.05, 4.69) is 15.9 Å². The maximum Gasteiger partial charge on any atom is 0.427 e. The van der Waals surface area contributed by atoms with E-state index in [1.807, 2.05) is 0 Å². The van der Waals surface area contributed by atoms with Crippen molar-refractivity contribution >= 4 is 26.9 Å². The van der Waals surface area contributed by atoms with Crippen LogP contribution in [0.2, 0.25) is 0 Å². The topological polar surface area (TPSA) is 52.2 Å². The van der Waals surface area contributed by atoms with Crippen molar-refractivity contribution in [1.82, 2.24) is 4.57 Å². The molecule has 4 rings (SSSR count). The molecular formula is C20H9BrF3NO3. The first-order valence-corrected chi connectivity index (χ1v) is 8.75. The van der Waals surface area contributed by atoms with Gasteiger partial charge in [-0.2, -0.15) is 0 Å². The van der Waals surface area contributed by atoms with E-state index in [-0.39, 0.29) is 26.7 Å². The van der Waals surface area contributed by atoms with Gasteiger partial charge in [-0.15, -0.1) is 0 Å². The van der Waals surface area contributed by atoms with E-state index in [9.17, 15) is 22.8 Å². The Kier molecular flexibility index (Phi) is 4.43. The minimum Gasteiger partial charge on any atom is -0.409 e. The largest absolute Gasteiger partial charge is 0.427 e. The first-order chi connectivity index (χ1) is 13.3. The number of benzene rings is 3. The van der Waals surface area contributed by atoms with Gasteiger partial charge in [-0.3, -0.25) is 4.79 Å². The highest BCUT2D eigenvalue weighted by Crippen LogP contribution is 2.26. The van der Waals surface area contributed by atoms with Crippen LogP contribution in [-0.2, 0) is 0 Å². The second kappa shape index (κ2) is 6.79. The molecular weight excluding hydrogens is 439 g/mol. The molecule has 3 aromatic carbocycles. The fourth-order valence-corrected chi connectivity index (χ4v) is 3.42. The average Bonchev–Trinajstić information content (AvgIpc) is 2.63. The molecule has 0 N–H and O–H groups in total. The van der Waals surface area contributed by atoms with E-state index in [1.165, 1.54) is 30.3 Å². The summed E-state index contributed by atoms with van der Waals surface area (Å²) < 4.78 is 46.7. The molecule has 0 fully saturated rings. The summed E-state index contributed by atoms with van der Waals surface area (Å²) in [4.78, 5) is 25.3. The molecule has 0 saturated carbocycles. The lowest BCUT2D eigenvalue weighted by Crippen LogP contribution is -2.31. The Bertz CT molecular complexity index is 1360. The summed E-state index contributed by atoms with van der Waals surface area (Å²) in [6.45, 7) is 0. The van der Waals surface area contributed by atoms with Crippen molar-refractivity contribution in [3.8, 4) is 16.8 Å². The van der Waals surface area contributed by atoms with Gasteiger partial charge in [0, 0.05) is 16.1 Å². The van der Waals surface area contributed by atoms with Crippen molar-refractivity contribution in [2.75, 3.05) is 0 Å². The van der Waals surface area contributed by atoms with Crippen molar-refractivity contribution in [2.45, 2.75) is 0 Å². The lowest BCUT2D eigenvalue weighted by molar-refractivity contribution is 0.503. The van der Waals surface area contributed by atoms with Gasteiger partial charge in [0.05, 0.1) is 11.1 Å². The molecule has 28 heavy (non-hydrogen) atoms. The second-order valence-corrected chi connectivity index (χ2v) is 6.79. The molecule has 1 aromatic heterocycles. The van der Waals surface area contributed by atoms with E-state index in [1.54, 1.807) is 0 Å². The second-order valence-electron chi connectivity index (χ2n) is 5.94. The van der Waals surface area contributed by atoms with Crippen LogP contribution in [0.3, 0.4) is 0 Å². The van der Waals surface area contributed by atoms with Gasteiger partial charge < -0.3 is 4.42 Å². The smallest absolute Gasteiger partial charge is 0.409 e. The number of hydrogen-bond donors (Lipinski definition) is 0. The molecule has 0 saturated heterocycles. The molecule has 4 aromatic rings. The fraction of sp³-hybridized carbons (Fsp3) is 0. The number of halogens is 4. The molecule has 140 valence electrons. The number of hydrogen-bond acceptors (Lipinski definition) is 3. The average molecular weight is 448 g/mol. The fourth-order valence-electron chi connectivity index (χ4n) is 2.89. The highest BCUT2D eigenvalue weighted by Gasteiger charge is 2.16. The minimum atomic E-state index is -0.953. The van der Waals surface area contributed by atoms with Crippen LogP contribution in [0.5, 0.6) is 0 Å². The van der Waals surface area contributed by atoms with Crippen molar-refractivity contribution in [3.63, 3.8) is 0 Å². The molecule has 4 nitrogen and oxygen atoms in total. The normalized spacial score (nSPS) is 11.1.